The Labute approximate surface area is 120 Å². The van der Waals surface area contributed by atoms with Crippen LogP contribution in [-0.2, 0) is 0 Å². The molecule has 1 aromatic carbocycles. The van der Waals surface area contributed by atoms with Gasteiger partial charge in [0.15, 0.2) is 0 Å². The van der Waals surface area contributed by atoms with Gasteiger partial charge in [0.05, 0.1) is 6.54 Å². The molecular formula is C17H22N2O. The molecule has 106 valence electrons. The zero-order valence-corrected chi connectivity index (χ0v) is 12.4. The molecule has 0 spiro atoms. The lowest BCUT2D eigenvalue weighted by molar-refractivity contribution is 0.0903. The molecule has 3 nitrogen and oxygen atoms in total. The second-order valence-corrected chi connectivity index (χ2v) is 6.04. The molecule has 1 saturated carbocycles. The summed E-state index contributed by atoms with van der Waals surface area (Å²) in [7, 11) is 0. The quantitative estimate of drug-likeness (QED) is 0.828. The highest BCUT2D eigenvalue weighted by Crippen LogP contribution is 2.39. The van der Waals surface area contributed by atoms with Crippen LogP contribution in [0.15, 0.2) is 18.2 Å². The van der Waals surface area contributed by atoms with Crippen molar-refractivity contribution in [3.8, 4) is 11.8 Å². The Morgan fingerprint density at radius 2 is 2.10 bits per heavy atom. The monoisotopic (exact) mass is 270 g/mol. The Bertz CT molecular complexity index is 574. The minimum Gasteiger partial charge on any atom is -0.347 e. The van der Waals surface area contributed by atoms with Crippen LogP contribution in [0.25, 0.3) is 0 Å². The van der Waals surface area contributed by atoms with E-state index in [4.69, 9.17) is 5.73 Å². The minimum absolute atomic E-state index is 0.0265. The molecule has 1 aromatic rings. The number of rotatable bonds is 3. The molecule has 0 aliphatic heterocycles. The summed E-state index contributed by atoms with van der Waals surface area (Å²) >= 11 is 0. The summed E-state index contributed by atoms with van der Waals surface area (Å²) in [4.78, 5) is 12.4. The van der Waals surface area contributed by atoms with Crippen LogP contribution in [-0.4, -0.2) is 18.0 Å². The predicted molar refractivity (Wildman–Crippen MR) is 81.4 cm³/mol. The lowest BCUT2D eigenvalue weighted by atomic mass is 9.97. The Morgan fingerprint density at radius 3 is 2.70 bits per heavy atom. The summed E-state index contributed by atoms with van der Waals surface area (Å²) in [6.07, 6.45) is 2.41. The van der Waals surface area contributed by atoms with E-state index in [1.54, 1.807) is 0 Å². The van der Waals surface area contributed by atoms with Gasteiger partial charge in [0.2, 0.25) is 0 Å². The number of aryl methyl sites for hydroxylation is 1. The van der Waals surface area contributed by atoms with E-state index in [2.05, 4.69) is 31.0 Å². The van der Waals surface area contributed by atoms with Crippen LogP contribution in [0.3, 0.4) is 0 Å². The molecule has 1 aliphatic rings. The third kappa shape index (κ3) is 3.61. The van der Waals surface area contributed by atoms with Gasteiger partial charge in [-0.25, -0.2) is 0 Å². The number of hydrogen-bond acceptors (Lipinski definition) is 2. The number of nitrogens with one attached hydrogen (secondary N) is 1. The van der Waals surface area contributed by atoms with Gasteiger partial charge >= 0.3 is 0 Å². The molecular weight excluding hydrogens is 248 g/mol. The third-order valence-corrected chi connectivity index (χ3v) is 3.71. The standard InChI is InChI=1S/C17H22N2O/c1-12-9-13(5-4-8-18)11-14(10-12)16(20)19-17(2,3)15-6-7-15/h9-11,15H,6-8,18H2,1-3H3,(H,19,20). The fraction of sp³-hybridized carbons (Fsp3) is 0.471. The maximum atomic E-state index is 12.4. The number of benzene rings is 1. The highest BCUT2D eigenvalue weighted by atomic mass is 16.1. The normalized spacial score (nSPS) is 14.4. The molecule has 1 aliphatic carbocycles. The summed E-state index contributed by atoms with van der Waals surface area (Å²) in [6, 6.07) is 5.69. The van der Waals surface area contributed by atoms with Crippen molar-refractivity contribution in [1.29, 1.82) is 0 Å². The summed E-state index contributed by atoms with van der Waals surface area (Å²) < 4.78 is 0. The predicted octanol–water partition coefficient (Wildman–Crippen LogP) is 2.22. The topological polar surface area (TPSA) is 55.1 Å². The van der Waals surface area contributed by atoms with Gasteiger partial charge in [-0.05, 0) is 63.3 Å². The smallest absolute Gasteiger partial charge is 0.251 e. The number of hydrogen-bond donors (Lipinski definition) is 2. The molecule has 20 heavy (non-hydrogen) atoms. The number of carbonyl (C=O) groups excluding carboxylic acids is 1. The van der Waals surface area contributed by atoms with E-state index >= 15 is 0 Å². The van der Waals surface area contributed by atoms with Crippen molar-refractivity contribution < 1.29 is 4.79 Å². The van der Waals surface area contributed by atoms with Crippen molar-refractivity contribution >= 4 is 5.91 Å². The maximum Gasteiger partial charge on any atom is 0.251 e. The fourth-order valence-corrected chi connectivity index (χ4v) is 2.41. The van der Waals surface area contributed by atoms with E-state index in [1.807, 2.05) is 25.1 Å². The van der Waals surface area contributed by atoms with E-state index in [9.17, 15) is 4.79 Å². The van der Waals surface area contributed by atoms with Crippen molar-refractivity contribution in [3.05, 3.63) is 34.9 Å². The Kier molecular flexibility index (Phi) is 4.15. The first kappa shape index (κ1) is 14.6. The Morgan fingerprint density at radius 1 is 1.40 bits per heavy atom. The van der Waals surface area contributed by atoms with Crippen LogP contribution >= 0.6 is 0 Å². The molecule has 0 heterocycles. The maximum absolute atomic E-state index is 12.4. The fourth-order valence-electron chi connectivity index (χ4n) is 2.41. The molecule has 0 aromatic heterocycles. The lowest BCUT2D eigenvalue weighted by Crippen LogP contribution is -2.45. The van der Waals surface area contributed by atoms with Crippen molar-refractivity contribution in [2.45, 2.75) is 39.2 Å². The summed E-state index contributed by atoms with van der Waals surface area (Å²) in [5.41, 5.74) is 7.78. The average molecular weight is 270 g/mol. The van der Waals surface area contributed by atoms with E-state index in [0.29, 0.717) is 18.0 Å². The minimum atomic E-state index is -0.135. The van der Waals surface area contributed by atoms with Gasteiger partial charge in [-0.1, -0.05) is 11.8 Å². The largest absolute Gasteiger partial charge is 0.347 e. The zero-order chi connectivity index (χ0) is 14.8. The van der Waals surface area contributed by atoms with Gasteiger partial charge < -0.3 is 11.1 Å². The molecule has 0 unspecified atom stereocenters. The van der Waals surface area contributed by atoms with Crippen LogP contribution in [0.4, 0.5) is 0 Å². The molecule has 1 amide bonds. The lowest BCUT2D eigenvalue weighted by Gasteiger charge is -2.26. The molecule has 0 bridgehead atoms. The van der Waals surface area contributed by atoms with Crippen molar-refractivity contribution in [1.82, 2.24) is 5.32 Å². The highest BCUT2D eigenvalue weighted by molar-refractivity contribution is 5.95. The molecule has 1 fully saturated rings. The molecule has 0 atom stereocenters. The second kappa shape index (κ2) is 5.68. The molecule has 3 N–H and O–H groups in total. The van der Waals surface area contributed by atoms with E-state index in [0.717, 1.165) is 11.1 Å². The molecule has 2 rings (SSSR count). The van der Waals surface area contributed by atoms with Gasteiger partial charge in [0, 0.05) is 16.7 Å². The van der Waals surface area contributed by atoms with E-state index < -0.39 is 0 Å². The zero-order valence-electron chi connectivity index (χ0n) is 12.4. The van der Waals surface area contributed by atoms with E-state index in [-0.39, 0.29) is 11.4 Å². The number of nitrogens with two attached hydrogens (primary N) is 1. The second-order valence-electron chi connectivity index (χ2n) is 6.04. The summed E-state index contributed by atoms with van der Waals surface area (Å²) in [5, 5.41) is 3.13. The van der Waals surface area contributed by atoms with Gasteiger partial charge in [-0.15, -0.1) is 0 Å². The van der Waals surface area contributed by atoms with Crippen molar-refractivity contribution in [3.63, 3.8) is 0 Å². The summed E-state index contributed by atoms with van der Waals surface area (Å²) in [5.74, 6) is 6.38. The Hall–Kier alpha value is -1.79. The van der Waals surface area contributed by atoms with Gasteiger partial charge in [0.25, 0.3) is 5.91 Å². The van der Waals surface area contributed by atoms with Crippen LogP contribution in [0.1, 0.15) is 48.2 Å². The first-order valence-corrected chi connectivity index (χ1v) is 7.05. The van der Waals surface area contributed by atoms with E-state index in [1.165, 1.54) is 12.8 Å². The van der Waals surface area contributed by atoms with Crippen molar-refractivity contribution in [2.75, 3.05) is 6.54 Å². The van der Waals surface area contributed by atoms with Crippen LogP contribution in [0.5, 0.6) is 0 Å². The highest BCUT2D eigenvalue weighted by Gasteiger charge is 2.38. The SMILES string of the molecule is Cc1cc(C#CCN)cc(C(=O)NC(C)(C)C2CC2)c1. The molecule has 3 heteroatoms. The van der Waals surface area contributed by atoms with Gasteiger partial charge in [-0.3, -0.25) is 4.79 Å². The summed E-state index contributed by atoms with van der Waals surface area (Å²) in [6.45, 7) is 6.47. The molecule has 0 radical (unpaired) electrons. The Balaban J connectivity index is 2.18. The van der Waals surface area contributed by atoms with Gasteiger partial charge in [-0.2, -0.15) is 0 Å². The van der Waals surface area contributed by atoms with Crippen LogP contribution < -0.4 is 11.1 Å². The van der Waals surface area contributed by atoms with Crippen LogP contribution in [0, 0.1) is 24.7 Å². The third-order valence-electron chi connectivity index (χ3n) is 3.71. The number of carbonyl (C=O) groups is 1. The van der Waals surface area contributed by atoms with Crippen LogP contribution in [0.2, 0.25) is 0 Å². The first-order chi connectivity index (χ1) is 9.42. The number of amides is 1. The van der Waals surface area contributed by atoms with Crippen molar-refractivity contribution in [2.24, 2.45) is 11.7 Å². The van der Waals surface area contributed by atoms with Gasteiger partial charge in [0.1, 0.15) is 0 Å². The molecule has 0 saturated heterocycles. The average Bonchev–Trinajstić information content (AvgIpc) is 3.19. The first-order valence-electron chi connectivity index (χ1n) is 7.05.